The van der Waals surface area contributed by atoms with Crippen molar-refractivity contribution in [2.45, 2.75) is 58.3 Å². The maximum Gasteiger partial charge on any atom is 0.456 e. The van der Waals surface area contributed by atoms with E-state index in [2.05, 4.69) is 25.8 Å². The summed E-state index contributed by atoms with van der Waals surface area (Å²) in [6.45, 7) is 5.66. The van der Waals surface area contributed by atoms with Crippen molar-refractivity contribution in [2.24, 2.45) is 0 Å². The normalized spacial score (nSPS) is 16.1. The minimum Gasteiger partial charge on any atom is -0.472 e. The lowest BCUT2D eigenvalue weighted by molar-refractivity contribution is -0.295. The summed E-state index contributed by atoms with van der Waals surface area (Å²) in [7, 11) is 3.03. The zero-order valence-corrected chi connectivity index (χ0v) is 20.0. The highest BCUT2D eigenvalue weighted by Gasteiger charge is 2.58. The fourth-order valence-electron chi connectivity index (χ4n) is 2.33. The Morgan fingerprint density at radius 2 is 1.91 bits per heavy atom. The molecule has 0 saturated carbocycles. The van der Waals surface area contributed by atoms with Crippen LogP contribution in [0.3, 0.4) is 0 Å². The molecule has 8 nitrogen and oxygen atoms in total. The predicted molar refractivity (Wildman–Crippen MR) is 118 cm³/mol. The van der Waals surface area contributed by atoms with Crippen LogP contribution in [0.5, 0.6) is 0 Å². The van der Waals surface area contributed by atoms with Crippen LogP contribution in [0.15, 0.2) is 30.3 Å². The van der Waals surface area contributed by atoms with Crippen LogP contribution >= 0.6 is 0 Å². The van der Waals surface area contributed by atoms with Crippen LogP contribution in [0.2, 0.25) is 0 Å². The Morgan fingerprint density at radius 1 is 1.32 bits per heavy atom. The molecule has 3 N–H and O–H groups in total. The monoisotopic (exact) mass is 497 g/mol. The van der Waals surface area contributed by atoms with E-state index in [0.717, 1.165) is 22.9 Å². The third-order valence-corrected chi connectivity index (χ3v) is 4.14. The number of aldehydes is 1. The molecule has 0 fully saturated rings. The molecule has 2 atom stereocenters. The zero-order valence-electron chi connectivity index (χ0n) is 20.0. The molecule has 0 saturated heterocycles. The van der Waals surface area contributed by atoms with E-state index in [1.54, 1.807) is 32.3 Å². The number of hydrogen-bond acceptors (Lipinski definition) is 7. The fraction of sp³-hybridized carbons (Fsp3) is 0.571. The molecule has 0 aliphatic carbocycles. The third kappa shape index (κ3) is 9.49. The number of nitrogens with zero attached hydrogens (tertiary/aromatic N) is 2. The Morgan fingerprint density at radius 3 is 2.41 bits per heavy atom. The van der Waals surface area contributed by atoms with Crippen LogP contribution in [0, 0.1) is 0 Å². The second kappa shape index (κ2) is 14.3. The van der Waals surface area contributed by atoms with Gasteiger partial charge in [0.2, 0.25) is 11.8 Å². The second-order valence-electron chi connectivity index (χ2n) is 6.69. The number of rotatable bonds is 8. The van der Waals surface area contributed by atoms with Gasteiger partial charge >= 0.3 is 12.1 Å². The molecule has 0 radical (unpaired) electrons. The summed E-state index contributed by atoms with van der Waals surface area (Å²) in [5.41, 5.74) is 3.38. The van der Waals surface area contributed by atoms with Crippen molar-refractivity contribution in [3.8, 4) is 0 Å². The van der Waals surface area contributed by atoms with Crippen molar-refractivity contribution in [3.63, 3.8) is 0 Å². The van der Waals surface area contributed by atoms with E-state index < -0.39 is 36.7 Å². The van der Waals surface area contributed by atoms with Crippen molar-refractivity contribution in [3.05, 3.63) is 35.9 Å². The number of hydrazine groups is 1. The maximum absolute atomic E-state index is 13.0. The molecular formula is C21H32F5N5O3. The molecular weight excluding hydrogens is 465 g/mol. The number of alkyl halides is 5. The summed E-state index contributed by atoms with van der Waals surface area (Å²) in [5, 5.41) is 6.65. The van der Waals surface area contributed by atoms with Crippen LogP contribution in [-0.2, 0) is 14.3 Å². The number of hydrogen-bond donors (Lipinski definition) is 3. The summed E-state index contributed by atoms with van der Waals surface area (Å²) in [5.74, 6) is -5.21. The summed E-state index contributed by atoms with van der Waals surface area (Å²) in [6, 6.07) is 2.06. The van der Waals surface area contributed by atoms with Crippen molar-refractivity contribution < 1.29 is 36.3 Å². The molecule has 2 rings (SSSR count). The maximum atomic E-state index is 13.0. The van der Waals surface area contributed by atoms with Gasteiger partial charge in [0, 0.05) is 32.8 Å². The highest BCUT2D eigenvalue weighted by Crippen LogP contribution is 2.36. The molecule has 0 aromatic carbocycles. The summed E-state index contributed by atoms with van der Waals surface area (Å²) in [4.78, 5) is 25.6. The number of ether oxygens (including phenoxy) is 1. The molecule has 1 aromatic rings. The summed E-state index contributed by atoms with van der Waals surface area (Å²) in [6.07, 6.45) is -1.51. The van der Waals surface area contributed by atoms with Crippen LogP contribution in [-0.4, -0.2) is 61.0 Å². The first-order valence-electron chi connectivity index (χ1n) is 10.5. The van der Waals surface area contributed by atoms with E-state index in [9.17, 15) is 31.5 Å². The second-order valence-corrected chi connectivity index (χ2v) is 6.69. The van der Waals surface area contributed by atoms with E-state index in [1.165, 1.54) is 7.05 Å². The Bertz CT molecular complexity index is 805. The average molecular weight is 498 g/mol. The number of aromatic nitrogens is 1. The molecule has 194 valence electrons. The number of halogens is 5. The van der Waals surface area contributed by atoms with E-state index in [1.807, 2.05) is 20.8 Å². The number of anilines is 1. The van der Waals surface area contributed by atoms with E-state index >= 15 is 0 Å². The predicted octanol–water partition coefficient (Wildman–Crippen LogP) is 3.80. The highest BCUT2D eigenvalue weighted by molar-refractivity contribution is 5.84. The van der Waals surface area contributed by atoms with Crippen molar-refractivity contribution >= 4 is 18.0 Å². The molecule has 1 aliphatic heterocycles. The molecule has 1 amide bonds. The van der Waals surface area contributed by atoms with Gasteiger partial charge in [-0.25, -0.2) is 10.4 Å². The number of carbonyl (C=O) groups excluding carboxylic acids is 2. The van der Waals surface area contributed by atoms with E-state index in [-0.39, 0.29) is 5.88 Å². The average Bonchev–Trinajstić information content (AvgIpc) is 3.19. The van der Waals surface area contributed by atoms with Gasteiger partial charge in [-0.2, -0.15) is 22.0 Å². The molecule has 34 heavy (non-hydrogen) atoms. The van der Waals surface area contributed by atoms with Crippen LogP contribution < -0.4 is 16.1 Å². The topological polar surface area (TPSA) is 95.6 Å². The van der Waals surface area contributed by atoms with E-state index in [0.29, 0.717) is 12.2 Å². The SMILES string of the molecule is CC.CCC=O.CNc1cc(C(C)NC(=O)C2C=C(OCC(F)(F)C(F)(F)F)N(C)N2)ccn1. The number of amides is 1. The van der Waals surface area contributed by atoms with E-state index in [4.69, 9.17) is 0 Å². The summed E-state index contributed by atoms with van der Waals surface area (Å²) < 4.78 is 67.2. The highest BCUT2D eigenvalue weighted by atomic mass is 19.4. The Hall–Kier alpha value is -2.96. The van der Waals surface area contributed by atoms with Gasteiger partial charge in [-0.3, -0.25) is 9.80 Å². The lowest BCUT2D eigenvalue weighted by Gasteiger charge is -2.23. The van der Waals surface area contributed by atoms with Gasteiger partial charge in [-0.05, 0) is 24.6 Å². The molecule has 1 aliphatic rings. The fourth-order valence-corrected chi connectivity index (χ4v) is 2.33. The molecule has 0 bridgehead atoms. The Balaban J connectivity index is 0.00000164. The van der Waals surface area contributed by atoms with Crippen LogP contribution in [0.4, 0.5) is 27.8 Å². The number of pyridine rings is 1. The smallest absolute Gasteiger partial charge is 0.456 e. The first-order valence-corrected chi connectivity index (χ1v) is 10.5. The van der Waals surface area contributed by atoms with Gasteiger partial charge in [0.15, 0.2) is 6.61 Å². The molecule has 0 spiro atoms. The molecule has 2 heterocycles. The minimum atomic E-state index is -5.72. The summed E-state index contributed by atoms with van der Waals surface area (Å²) >= 11 is 0. The molecule has 13 heteroatoms. The van der Waals surface area contributed by atoms with Gasteiger partial charge in [-0.1, -0.05) is 20.8 Å². The quantitative estimate of drug-likeness (QED) is 0.372. The van der Waals surface area contributed by atoms with Gasteiger partial charge < -0.3 is 20.2 Å². The van der Waals surface area contributed by atoms with Crippen molar-refractivity contribution in [2.75, 3.05) is 26.0 Å². The van der Waals surface area contributed by atoms with Gasteiger partial charge in [0.1, 0.15) is 18.1 Å². The van der Waals surface area contributed by atoms with Gasteiger partial charge in [0.25, 0.3) is 0 Å². The lowest BCUT2D eigenvalue weighted by atomic mass is 10.1. The largest absolute Gasteiger partial charge is 0.472 e. The minimum absolute atomic E-state index is 0.307. The number of nitrogens with one attached hydrogen (secondary N) is 3. The Kier molecular flexibility index (Phi) is 13.1. The first kappa shape index (κ1) is 31.0. The van der Waals surface area contributed by atoms with Crippen LogP contribution in [0.1, 0.15) is 45.7 Å². The lowest BCUT2D eigenvalue weighted by Crippen LogP contribution is -2.45. The standard InChI is InChI=1S/C16H20F5N5O2.C3H6O.C2H6/c1-9(10-4-5-23-12(6-10)22-2)24-14(27)11-7-13(26(3)25-11)28-8-15(17,18)16(19,20)21;1-2-3-4;1-2/h4-7,9,11,25H,8H2,1-3H3,(H,22,23)(H,24,27);3H,2H2,1H3;1-2H3. The van der Waals surface area contributed by atoms with Gasteiger partial charge in [-0.15, -0.1) is 0 Å². The Labute approximate surface area is 195 Å². The third-order valence-electron chi connectivity index (χ3n) is 4.14. The molecule has 2 unspecified atom stereocenters. The van der Waals surface area contributed by atoms with Gasteiger partial charge in [0.05, 0.1) is 6.04 Å². The first-order chi connectivity index (χ1) is 15.9. The molecule has 1 aromatic heterocycles. The number of carbonyl (C=O) groups is 2. The van der Waals surface area contributed by atoms with Crippen LogP contribution in [0.25, 0.3) is 0 Å². The van der Waals surface area contributed by atoms with Crippen molar-refractivity contribution in [1.29, 1.82) is 0 Å². The van der Waals surface area contributed by atoms with Crippen molar-refractivity contribution in [1.82, 2.24) is 20.7 Å². The zero-order chi connectivity index (χ0) is 26.5.